The number of anilines is 1. The van der Waals surface area contributed by atoms with Gasteiger partial charge < -0.3 is 10.1 Å². The standard InChI is InChI=1S/C14H11N3O3S/c1-8(18)16-14-17-11(12(21-14)13(19)20-2)10-5-3-4-9(6-10)7-15/h3-6H,1-2H3,(H,16,17,18). The van der Waals surface area contributed by atoms with E-state index in [1.807, 2.05) is 6.07 Å². The van der Waals surface area contributed by atoms with E-state index in [2.05, 4.69) is 10.3 Å². The van der Waals surface area contributed by atoms with E-state index in [1.54, 1.807) is 24.3 Å². The highest BCUT2D eigenvalue weighted by atomic mass is 32.1. The SMILES string of the molecule is COC(=O)c1sc(NC(C)=O)nc1-c1cccc(C#N)c1. The van der Waals surface area contributed by atoms with E-state index in [-0.39, 0.29) is 10.8 Å². The molecule has 1 amide bonds. The van der Waals surface area contributed by atoms with Crippen LogP contribution in [0.4, 0.5) is 5.13 Å². The highest BCUT2D eigenvalue weighted by Crippen LogP contribution is 2.32. The lowest BCUT2D eigenvalue weighted by molar-refractivity contribution is -0.114. The fraction of sp³-hybridized carbons (Fsp3) is 0.143. The molecule has 0 unspecified atom stereocenters. The van der Waals surface area contributed by atoms with Gasteiger partial charge in [0.05, 0.1) is 24.4 Å². The summed E-state index contributed by atoms with van der Waals surface area (Å²) in [6, 6.07) is 8.74. The normalized spacial score (nSPS) is 9.76. The maximum absolute atomic E-state index is 11.8. The summed E-state index contributed by atoms with van der Waals surface area (Å²) in [4.78, 5) is 27.5. The van der Waals surface area contributed by atoms with E-state index in [9.17, 15) is 9.59 Å². The molecule has 1 aromatic carbocycles. The number of thiazole rings is 1. The van der Waals surface area contributed by atoms with E-state index >= 15 is 0 Å². The summed E-state index contributed by atoms with van der Waals surface area (Å²) in [5, 5.41) is 11.8. The monoisotopic (exact) mass is 301 g/mol. The van der Waals surface area contributed by atoms with Gasteiger partial charge in [0.1, 0.15) is 4.88 Å². The number of nitriles is 1. The van der Waals surface area contributed by atoms with Crippen molar-refractivity contribution >= 4 is 28.3 Å². The molecular weight excluding hydrogens is 290 g/mol. The highest BCUT2D eigenvalue weighted by Gasteiger charge is 2.20. The van der Waals surface area contributed by atoms with Gasteiger partial charge in [-0.05, 0) is 12.1 Å². The Morgan fingerprint density at radius 3 is 2.81 bits per heavy atom. The zero-order valence-corrected chi connectivity index (χ0v) is 12.2. The second-order valence-electron chi connectivity index (χ2n) is 4.06. The first-order valence-corrected chi connectivity index (χ1v) is 6.74. The van der Waals surface area contributed by atoms with Crippen LogP contribution >= 0.6 is 11.3 Å². The fourth-order valence-corrected chi connectivity index (χ4v) is 2.64. The van der Waals surface area contributed by atoms with Crippen molar-refractivity contribution in [3.8, 4) is 17.3 Å². The van der Waals surface area contributed by atoms with Gasteiger partial charge in [-0.2, -0.15) is 5.26 Å². The number of carbonyl (C=O) groups excluding carboxylic acids is 2. The third-order valence-electron chi connectivity index (χ3n) is 2.55. The van der Waals surface area contributed by atoms with E-state index in [0.29, 0.717) is 22.0 Å². The highest BCUT2D eigenvalue weighted by molar-refractivity contribution is 7.18. The number of amides is 1. The molecule has 0 saturated heterocycles. The number of hydrogen-bond donors (Lipinski definition) is 1. The topological polar surface area (TPSA) is 92.1 Å². The van der Waals surface area contributed by atoms with Gasteiger partial charge in [-0.1, -0.05) is 23.5 Å². The molecule has 0 aliphatic carbocycles. The number of hydrogen-bond acceptors (Lipinski definition) is 6. The number of benzene rings is 1. The van der Waals surface area contributed by atoms with E-state index < -0.39 is 5.97 Å². The van der Waals surface area contributed by atoms with Crippen molar-refractivity contribution in [1.82, 2.24) is 4.98 Å². The molecule has 0 radical (unpaired) electrons. The summed E-state index contributed by atoms with van der Waals surface area (Å²) in [7, 11) is 1.27. The van der Waals surface area contributed by atoms with Crippen molar-refractivity contribution in [1.29, 1.82) is 5.26 Å². The second-order valence-corrected chi connectivity index (χ2v) is 5.06. The number of nitrogens with one attached hydrogen (secondary N) is 1. The first kappa shape index (κ1) is 14.7. The van der Waals surface area contributed by atoms with Gasteiger partial charge >= 0.3 is 5.97 Å². The molecule has 0 atom stereocenters. The zero-order valence-electron chi connectivity index (χ0n) is 11.3. The lowest BCUT2D eigenvalue weighted by atomic mass is 10.1. The predicted octanol–water partition coefficient (Wildman–Crippen LogP) is 2.43. The second kappa shape index (κ2) is 6.15. The van der Waals surface area contributed by atoms with Crippen LogP contribution in [0.3, 0.4) is 0 Å². The summed E-state index contributed by atoms with van der Waals surface area (Å²) in [5.41, 5.74) is 1.45. The first-order valence-electron chi connectivity index (χ1n) is 5.92. The molecule has 0 spiro atoms. The molecule has 21 heavy (non-hydrogen) atoms. The van der Waals surface area contributed by atoms with Crippen LogP contribution in [0, 0.1) is 11.3 Å². The van der Waals surface area contributed by atoms with E-state index in [0.717, 1.165) is 11.3 Å². The number of nitrogens with zero attached hydrogens (tertiary/aromatic N) is 2. The Kier molecular flexibility index (Phi) is 4.30. The molecule has 1 heterocycles. The minimum absolute atomic E-state index is 0.274. The molecule has 0 bridgehead atoms. The lowest BCUT2D eigenvalue weighted by Crippen LogP contribution is -2.04. The third-order valence-corrected chi connectivity index (χ3v) is 3.50. The summed E-state index contributed by atoms with van der Waals surface area (Å²) in [6.45, 7) is 1.36. The number of esters is 1. The van der Waals surface area contributed by atoms with Crippen LogP contribution in [0.2, 0.25) is 0 Å². The Hall–Kier alpha value is -2.72. The van der Waals surface area contributed by atoms with Gasteiger partial charge in [-0.3, -0.25) is 4.79 Å². The van der Waals surface area contributed by atoms with Gasteiger partial charge in [-0.25, -0.2) is 9.78 Å². The van der Waals surface area contributed by atoms with Gasteiger partial charge in [0.25, 0.3) is 0 Å². The molecule has 2 aromatic rings. The minimum Gasteiger partial charge on any atom is -0.465 e. The first-order chi connectivity index (χ1) is 10.0. The van der Waals surface area contributed by atoms with Gasteiger partial charge in [0.15, 0.2) is 5.13 Å². The van der Waals surface area contributed by atoms with Crippen LogP contribution in [-0.2, 0) is 9.53 Å². The van der Waals surface area contributed by atoms with Crippen molar-refractivity contribution in [2.45, 2.75) is 6.92 Å². The molecule has 106 valence electrons. The number of rotatable bonds is 3. The maximum Gasteiger partial charge on any atom is 0.350 e. The number of carbonyl (C=O) groups is 2. The van der Waals surface area contributed by atoms with Crippen molar-refractivity contribution in [3.05, 3.63) is 34.7 Å². The molecule has 1 N–H and O–H groups in total. The average molecular weight is 301 g/mol. The maximum atomic E-state index is 11.8. The van der Waals surface area contributed by atoms with E-state index in [1.165, 1.54) is 14.0 Å². The van der Waals surface area contributed by atoms with Gasteiger partial charge in [0, 0.05) is 12.5 Å². The predicted molar refractivity (Wildman–Crippen MR) is 77.9 cm³/mol. The van der Waals surface area contributed by atoms with Crippen LogP contribution < -0.4 is 5.32 Å². The number of methoxy groups -OCH3 is 1. The summed E-state index contributed by atoms with van der Waals surface area (Å²) in [5.74, 6) is -0.820. The number of ether oxygens (including phenoxy) is 1. The molecule has 6 nitrogen and oxygen atoms in total. The molecule has 0 aliphatic heterocycles. The number of aromatic nitrogens is 1. The molecule has 0 saturated carbocycles. The van der Waals surface area contributed by atoms with Crippen LogP contribution in [0.5, 0.6) is 0 Å². The largest absolute Gasteiger partial charge is 0.465 e. The molecule has 0 fully saturated rings. The Morgan fingerprint density at radius 1 is 1.43 bits per heavy atom. The Balaban J connectivity index is 2.54. The van der Waals surface area contributed by atoms with Crippen LogP contribution in [-0.4, -0.2) is 24.0 Å². The van der Waals surface area contributed by atoms with Crippen LogP contribution in [0.25, 0.3) is 11.3 Å². The average Bonchev–Trinajstić information content (AvgIpc) is 2.89. The molecule has 1 aromatic heterocycles. The summed E-state index contributed by atoms with van der Waals surface area (Å²) < 4.78 is 4.73. The smallest absolute Gasteiger partial charge is 0.350 e. The Bertz CT molecular complexity index is 746. The van der Waals surface area contributed by atoms with Gasteiger partial charge in [0.2, 0.25) is 5.91 Å². The van der Waals surface area contributed by atoms with Crippen molar-refractivity contribution in [3.63, 3.8) is 0 Å². The van der Waals surface area contributed by atoms with Gasteiger partial charge in [-0.15, -0.1) is 0 Å². The van der Waals surface area contributed by atoms with Crippen LogP contribution in [0.1, 0.15) is 22.2 Å². The van der Waals surface area contributed by atoms with E-state index in [4.69, 9.17) is 10.00 Å². The minimum atomic E-state index is -0.540. The lowest BCUT2D eigenvalue weighted by Gasteiger charge is -2.01. The quantitative estimate of drug-likeness (QED) is 0.879. The van der Waals surface area contributed by atoms with Crippen molar-refractivity contribution in [2.24, 2.45) is 0 Å². The molecular formula is C14H11N3O3S. The summed E-state index contributed by atoms with van der Waals surface area (Å²) in [6.07, 6.45) is 0. The van der Waals surface area contributed by atoms with Crippen LogP contribution in [0.15, 0.2) is 24.3 Å². The van der Waals surface area contributed by atoms with Crippen molar-refractivity contribution in [2.75, 3.05) is 12.4 Å². The molecule has 0 aliphatic rings. The Morgan fingerprint density at radius 2 is 2.19 bits per heavy atom. The zero-order chi connectivity index (χ0) is 15.4. The third kappa shape index (κ3) is 3.24. The molecule has 7 heteroatoms. The van der Waals surface area contributed by atoms with Crippen molar-refractivity contribution < 1.29 is 14.3 Å². The summed E-state index contributed by atoms with van der Waals surface area (Å²) >= 11 is 1.03. The Labute approximate surface area is 125 Å². The molecule has 2 rings (SSSR count). The fourth-order valence-electron chi connectivity index (χ4n) is 1.69.